The van der Waals surface area contributed by atoms with Crippen LogP contribution in [0.1, 0.15) is 22.3 Å². The Morgan fingerprint density at radius 2 is 1.65 bits per heavy atom. The van der Waals surface area contributed by atoms with Crippen LogP contribution in [-0.4, -0.2) is 26.6 Å². The molecule has 0 bridgehead atoms. The summed E-state index contributed by atoms with van der Waals surface area (Å²) in [5, 5.41) is 12.0. The second kappa shape index (κ2) is 9.78. The lowest BCUT2D eigenvalue weighted by Crippen LogP contribution is -2.29. The van der Waals surface area contributed by atoms with E-state index in [2.05, 4.69) is 8.75 Å². The second-order valence-electron chi connectivity index (χ2n) is 9.52. The fourth-order valence-electron chi connectivity index (χ4n) is 4.98. The number of aromatic nitrogens is 2. The highest BCUT2D eigenvalue weighted by atomic mass is 32.1. The van der Waals surface area contributed by atoms with Gasteiger partial charge in [-0.15, -0.1) is 0 Å². The molecular weight excluding hydrogens is 528 g/mol. The highest BCUT2D eigenvalue weighted by molar-refractivity contribution is 7.00. The van der Waals surface area contributed by atoms with E-state index in [0.29, 0.717) is 51.6 Å². The number of ether oxygens (including phenoxy) is 4. The number of hydrogen-bond donors (Lipinski definition) is 1. The predicted molar refractivity (Wildman–Crippen MR) is 148 cm³/mol. The van der Waals surface area contributed by atoms with E-state index < -0.39 is 11.8 Å². The zero-order valence-corrected chi connectivity index (χ0v) is 21.9. The summed E-state index contributed by atoms with van der Waals surface area (Å²) in [5.41, 5.74) is 4.99. The van der Waals surface area contributed by atoms with Gasteiger partial charge in [-0.2, -0.15) is 8.75 Å². The molecule has 1 atom stereocenters. The first-order valence-electron chi connectivity index (χ1n) is 12.6. The van der Waals surface area contributed by atoms with E-state index in [4.69, 9.17) is 18.9 Å². The Bertz CT molecular complexity index is 1770. The average Bonchev–Trinajstić information content (AvgIpc) is 3.70. The van der Waals surface area contributed by atoms with Crippen molar-refractivity contribution >= 4 is 34.3 Å². The van der Waals surface area contributed by atoms with E-state index in [9.17, 15) is 9.90 Å². The Kier molecular flexibility index (Phi) is 5.95. The minimum absolute atomic E-state index is 0.151. The van der Waals surface area contributed by atoms with E-state index in [1.807, 2.05) is 54.6 Å². The maximum absolute atomic E-state index is 13.4. The zero-order valence-electron chi connectivity index (χ0n) is 21.1. The van der Waals surface area contributed by atoms with E-state index in [1.165, 1.54) is 0 Å². The van der Waals surface area contributed by atoms with Gasteiger partial charge in [0, 0.05) is 17.6 Å². The fraction of sp³-hybridized carbons (Fsp3) is 0.129. The number of fused-ring (bicyclic) bond motifs is 2. The lowest BCUT2D eigenvalue weighted by Gasteiger charge is -2.26. The van der Waals surface area contributed by atoms with Crippen LogP contribution in [0.2, 0.25) is 0 Å². The van der Waals surface area contributed by atoms with Gasteiger partial charge in [0.1, 0.15) is 23.4 Å². The van der Waals surface area contributed by atoms with Gasteiger partial charge in [0.25, 0.3) is 5.79 Å². The molecule has 0 saturated carbocycles. The van der Waals surface area contributed by atoms with E-state index in [-0.39, 0.29) is 13.2 Å². The summed E-state index contributed by atoms with van der Waals surface area (Å²) in [6.07, 6.45) is 0.230. The molecule has 0 saturated heterocycles. The van der Waals surface area contributed by atoms with Crippen LogP contribution >= 0.6 is 11.7 Å². The molecule has 198 valence electrons. The Morgan fingerprint density at radius 3 is 2.50 bits per heavy atom. The van der Waals surface area contributed by atoms with Gasteiger partial charge in [0.05, 0.1) is 17.3 Å². The molecule has 0 amide bonds. The maximum Gasteiger partial charge on any atom is 0.342 e. The summed E-state index contributed by atoms with van der Waals surface area (Å²) in [7, 11) is 0. The van der Waals surface area contributed by atoms with Crippen LogP contribution in [0.3, 0.4) is 0 Å². The zero-order chi connectivity index (χ0) is 27.1. The molecule has 2 aliphatic heterocycles. The van der Waals surface area contributed by atoms with Gasteiger partial charge in [0.2, 0.25) is 6.79 Å². The van der Waals surface area contributed by atoms with Gasteiger partial charge in [0.15, 0.2) is 11.5 Å². The van der Waals surface area contributed by atoms with Gasteiger partial charge >= 0.3 is 5.97 Å². The monoisotopic (exact) mass is 550 g/mol. The number of rotatable bonds is 7. The highest BCUT2D eigenvalue weighted by Crippen LogP contribution is 2.46. The van der Waals surface area contributed by atoms with Crippen LogP contribution in [0.4, 0.5) is 0 Å². The second-order valence-corrected chi connectivity index (χ2v) is 10.0. The Hall–Kier alpha value is -4.73. The standard InChI is InChI=1S/C31H22N2O6S/c34-30-29(21-7-12-25-26(16-21)33-40-32-25)24(14-20-6-13-27-28(15-20)38-18-37-27)31(35,39-30)22-8-10-23(11-9-22)36-17-19-4-2-1-3-5-19/h1-13,15-16,35H,14,17-18H2. The molecule has 8 nitrogen and oxygen atoms in total. The number of carbonyl (C=O) groups is 1. The first kappa shape index (κ1) is 24.3. The minimum atomic E-state index is -1.99. The molecule has 2 aliphatic rings. The highest BCUT2D eigenvalue weighted by Gasteiger charge is 2.48. The van der Waals surface area contributed by atoms with Crippen LogP contribution in [0, 0.1) is 0 Å². The normalized spacial score (nSPS) is 17.9. The molecule has 1 unspecified atom stereocenters. The lowest BCUT2D eigenvalue weighted by molar-refractivity contribution is -0.185. The fourth-order valence-corrected chi connectivity index (χ4v) is 5.50. The molecule has 5 aromatic rings. The number of benzene rings is 4. The van der Waals surface area contributed by atoms with Crippen molar-refractivity contribution in [2.45, 2.75) is 18.8 Å². The first-order valence-corrected chi connectivity index (χ1v) is 13.4. The third-order valence-electron chi connectivity index (χ3n) is 7.01. The topological polar surface area (TPSA) is 100 Å². The SMILES string of the molecule is O=C1OC(O)(c2ccc(OCc3ccccc3)cc2)C(Cc2ccc3c(c2)OCO3)=C1c1ccc2nsnc2c1. The summed E-state index contributed by atoms with van der Waals surface area (Å²) < 4.78 is 31.2. The molecular formula is C31H22N2O6S. The number of hydrogen-bond acceptors (Lipinski definition) is 9. The molecule has 0 spiro atoms. The summed E-state index contributed by atoms with van der Waals surface area (Å²) in [6, 6.07) is 27.7. The molecule has 1 N–H and O–H groups in total. The van der Waals surface area contributed by atoms with E-state index in [1.54, 1.807) is 36.4 Å². The number of nitrogens with zero attached hydrogens (tertiary/aromatic N) is 2. The molecule has 4 aromatic carbocycles. The Balaban J connectivity index is 1.27. The van der Waals surface area contributed by atoms with Crippen molar-refractivity contribution < 1.29 is 28.8 Å². The van der Waals surface area contributed by atoms with Crippen LogP contribution in [-0.2, 0) is 28.3 Å². The lowest BCUT2D eigenvalue weighted by atomic mass is 9.88. The van der Waals surface area contributed by atoms with Crippen LogP contribution < -0.4 is 14.2 Å². The van der Waals surface area contributed by atoms with Crippen molar-refractivity contribution in [2.75, 3.05) is 6.79 Å². The molecule has 1 aromatic heterocycles. The van der Waals surface area contributed by atoms with Crippen LogP contribution in [0.15, 0.2) is 96.6 Å². The summed E-state index contributed by atoms with van der Waals surface area (Å²) in [5.74, 6) is -0.715. The number of aliphatic hydroxyl groups is 1. The Labute approximate surface area is 233 Å². The van der Waals surface area contributed by atoms with Crippen molar-refractivity contribution in [3.63, 3.8) is 0 Å². The van der Waals surface area contributed by atoms with E-state index in [0.717, 1.165) is 28.4 Å². The number of esters is 1. The predicted octanol–water partition coefficient (Wildman–Crippen LogP) is 5.40. The summed E-state index contributed by atoms with van der Waals surface area (Å²) in [6.45, 7) is 0.561. The average molecular weight is 551 g/mol. The van der Waals surface area contributed by atoms with Gasteiger partial charge in [-0.05, 0) is 65.2 Å². The minimum Gasteiger partial charge on any atom is -0.489 e. The van der Waals surface area contributed by atoms with Crippen LogP contribution in [0.25, 0.3) is 16.6 Å². The van der Waals surface area contributed by atoms with Crippen molar-refractivity contribution in [2.24, 2.45) is 0 Å². The number of carbonyl (C=O) groups excluding carboxylic acids is 1. The molecule has 7 rings (SSSR count). The third-order valence-corrected chi connectivity index (χ3v) is 7.57. The van der Waals surface area contributed by atoms with Gasteiger partial charge in [-0.3, -0.25) is 0 Å². The molecule has 9 heteroatoms. The summed E-state index contributed by atoms with van der Waals surface area (Å²) >= 11 is 1.10. The molecule has 3 heterocycles. The van der Waals surface area contributed by atoms with Gasteiger partial charge < -0.3 is 24.1 Å². The van der Waals surface area contributed by atoms with Crippen molar-refractivity contribution in [3.05, 3.63) is 119 Å². The van der Waals surface area contributed by atoms with Crippen molar-refractivity contribution in [1.29, 1.82) is 0 Å². The van der Waals surface area contributed by atoms with Crippen LogP contribution in [0.5, 0.6) is 17.2 Å². The molecule has 0 aliphatic carbocycles. The maximum atomic E-state index is 13.4. The molecule has 40 heavy (non-hydrogen) atoms. The molecule has 0 radical (unpaired) electrons. The quantitative estimate of drug-likeness (QED) is 0.269. The van der Waals surface area contributed by atoms with Gasteiger partial charge in [-0.25, -0.2) is 4.79 Å². The number of cyclic esters (lactones) is 1. The summed E-state index contributed by atoms with van der Waals surface area (Å²) in [4.78, 5) is 13.4. The van der Waals surface area contributed by atoms with Gasteiger partial charge in [-0.1, -0.05) is 42.5 Å². The van der Waals surface area contributed by atoms with Crippen molar-refractivity contribution in [3.8, 4) is 17.2 Å². The largest absolute Gasteiger partial charge is 0.489 e. The van der Waals surface area contributed by atoms with Crippen molar-refractivity contribution in [1.82, 2.24) is 8.75 Å². The third kappa shape index (κ3) is 4.35. The smallest absolute Gasteiger partial charge is 0.342 e. The first-order chi connectivity index (χ1) is 19.6. The Morgan fingerprint density at radius 1 is 0.850 bits per heavy atom. The van der Waals surface area contributed by atoms with E-state index >= 15 is 0 Å². The molecule has 0 fully saturated rings.